The molecule has 0 radical (unpaired) electrons. The zero-order chi connectivity index (χ0) is 16.6. The van der Waals surface area contributed by atoms with E-state index in [4.69, 9.17) is 18.6 Å². The number of nitrogens with zero attached hydrogens (tertiary/aromatic N) is 1. The monoisotopic (exact) mass is 331 g/mol. The summed E-state index contributed by atoms with van der Waals surface area (Å²) in [5.74, 6) is 0. The van der Waals surface area contributed by atoms with Crippen LogP contribution in [0.3, 0.4) is 0 Å². The van der Waals surface area contributed by atoms with Crippen molar-refractivity contribution < 1.29 is 33.4 Å². The van der Waals surface area contributed by atoms with Crippen LogP contribution in [-0.2, 0) is 6.54 Å². The maximum Gasteiger partial charge on any atom is 0.214 e. The van der Waals surface area contributed by atoms with Gasteiger partial charge in [0.25, 0.3) is 0 Å². The lowest BCUT2D eigenvalue weighted by Gasteiger charge is -2.17. The standard InChI is InChI=1S/C17H14N.ClHO4/c1-12-11-17-15-6-3-2-5-13(15)9-10-18(17)16-8-4-7-14(12)16;2-1(3,4)5/h2-9,11H,10H2,1H3;(H,2,3,4,5)/q+1;/p-1. The molecule has 0 N–H and O–H groups in total. The van der Waals surface area contributed by atoms with E-state index >= 15 is 0 Å². The fourth-order valence-corrected chi connectivity index (χ4v) is 2.99. The van der Waals surface area contributed by atoms with E-state index in [-0.39, 0.29) is 0 Å². The summed E-state index contributed by atoms with van der Waals surface area (Å²) < 4.78 is 36.4. The number of pyridine rings is 1. The molecule has 1 aliphatic carbocycles. The van der Waals surface area contributed by atoms with Gasteiger partial charge in [-0.25, -0.2) is 18.6 Å². The smallest absolute Gasteiger partial charge is 0.214 e. The number of hydrogen-bond donors (Lipinski definition) is 0. The van der Waals surface area contributed by atoms with Crippen molar-refractivity contribution in [2.24, 2.45) is 0 Å². The van der Waals surface area contributed by atoms with Crippen LogP contribution in [0.5, 0.6) is 0 Å². The summed E-state index contributed by atoms with van der Waals surface area (Å²) in [4.78, 5) is 0. The third kappa shape index (κ3) is 3.34. The van der Waals surface area contributed by atoms with Crippen molar-refractivity contribution in [3.63, 3.8) is 0 Å². The van der Waals surface area contributed by atoms with Gasteiger partial charge in [-0.3, -0.25) is 0 Å². The fraction of sp³-hybridized carbons (Fsp3) is 0.118. The van der Waals surface area contributed by atoms with Crippen LogP contribution in [0.1, 0.15) is 11.3 Å². The second kappa shape index (κ2) is 5.88. The first-order valence-corrected chi connectivity index (χ1v) is 8.21. The molecule has 1 aromatic heterocycles. The third-order valence-electron chi connectivity index (χ3n) is 3.88. The summed E-state index contributed by atoms with van der Waals surface area (Å²) in [6, 6.07) is 11.0. The zero-order valence-electron chi connectivity index (χ0n) is 12.4. The third-order valence-corrected chi connectivity index (χ3v) is 3.88. The van der Waals surface area contributed by atoms with Crippen LogP contribution in [0.2, 0.25) is 0 Å². The number of rotatable bonds is 0. The lowest BCUT2D eigenvalue weighted by molar-refractivity contribution is -2.00. The minimum atomic E-state index is -4.94. The number of fused-ring (bicyclic) bond motifs is 4. The Labute approximate surface area is 134 Å². The first-order chi connectivity index (χ1) is 10.8. The van der Waals surface area contributed by atoms with E-state index in [1.807, 2.05) is 0 Å². The molecule has 2 aliphatic rings. The van der Waals surface area contributed by atoms with E-state index in [9.17, 15) is 0 Å². The van der Waals surface area contributed by atoms with Gasteiger partial charge in [-0.05, 0) is 35.9 Å². The van der Waals surface area contributed by atoms with Gasteiger partial charge in [0.15, 0.2) is 6.54 Å². The molecule has 118 valence electrons. The van der Waals surface area contributed by atoms with Crippen LogP contribution in [0, 0.1) is 27.7 Å². The number of aryl methyl sites for hydroxylation is 1. The number of halogens is 1. The SMILES string of the molecule is Cc1cc2[n+](c3c1=CC=C3)CC=c1ccccc1=2.[O-][Cl+3]([O-])([O-])[O-]. The van der Waals surface area contributed by atoms with Crippen molar-refractivity contribution >= 4 is 18.2 Å². The van der Waals surface area contributed by atoms with E-state index in [1.165, 1.54) is 32.3 Å². The molecule has 0 unspecified atom stereocenters. The van der Waals surface area contributed by atoms with Crippen molar-refractivity contribution in [2.75, 3.05) is 0 Å². The molecule has 5 nitrogen and oxygen atoms in total. The first-order valence-electron chi connectivity index (χ1n) is 6.98. The molecule has 23 heavy (non-hydrogen) atoms. The summed E-state index contributed by atoms with van der Waals surface area (Å²) >= 11 is 0. The second-order valence-corrected chi connectivity index (χ2v) is 6.07. The molecule has 0 saturated carbocycles. The molecule has 0 fully saturated rings. The highest BCUT2D eigenvalue weighted by Gasteiger charge is 2.17. The van der Waals surface area contributed by atoms with Gasteiger partial charge < -0.3 is 0 Å². The van der Waals surface area contributed by atoms with Crippen LogP contribution in [-0.4, -0.2) is 0 Å². The van der Waals surface area contributed by atoms with Crippen LogP contribution in [0.4, 0.5) is 0 Å². The van der Waals surface area contributed by atoms with Gasteiger partial charge in [0.2, 0.25) is 11.0 Å². The van der Waals surface area contributed by atoms with E-state index in [1.54, 1.807) is 0 Å². The van der Waals surface area contributed by atoms with E-state index in [0.717, 1.165) is 6.54 Å². The van der Waals surface area contributed by atoms with Gasteiger partial charge >= 0.3 is 0 Å². The number of allylic oxidation sites excluding steroid dienone is 1. The van der Waals surface area contributed by atoms with Crippen molar-refractivity contribution in [1.29, 1.82) is 0 Å². The van der Waals surface area contributed by atoms with Crippen LogP contribution in [0.15, 0.2) is 36.4 Å². The number of aromatic nitrogens is 1. The van der Waals surface area contributed by atoms with E-state index in [2.05, 4.69) is 66.1 Å². The molecular weight excluding hydrogens is 318 g/mol. The molecule has 0 atom stereocenters. The lowest BCUT2D eigenvalue weighted by Crippen LogP contribution is -2.68. The number of benzene rings is 1. The van der Waals surface area contributed by atoms with Crippen molar-refractivity contribution in [3.8, 4) is 0 Å². The van der Waals surface area contributed by atoms with Crippen molar-refractivity contribution in [2.45, 2.75) is 13.5 Å². The Bertz CT molecular complexity index is 1000. The summed E-state index contributed by atoms with van der Waals surface area (Å²) in [7, 11) is -4.94. The average molecular weight is 332 g/mol. The van der Waals surface area contributed by atoms with Crippen LogP contribution in [0.25, 0.3) is 18.2 Å². The molecule has 1 aliphatic heterocycles. The Morgan fingerprint density at radius 2 is 1.78 bits per heavy atom. The Kier molecular flexibility index (Phi) is 4.06. The minimum Gasteiger partial charge on any atom is -0.222 e. The molecule has 0 spiro atoms. The summed E-state index contributed by atoms with van der Waals surface area (Å²) in [6.45, 7) is 3.16. The van der Waals surface area contributed by atoms with E-state index in [0.29, 0.717) is 0 Å². The fourth-order valence-electron chi connectivity index (χ4n) is 2.99. The minimum absolute atomic E-state index is 0.965. The highest BCUT2D eigenvalue weighted by atomic mass is 35.7. The lowest BCUT2D eigenvalue weighted by atomic mass is 10.1. The Morgan fingerprint density at radius 1 is 1.09 bits per heavy atom. The van der Waals surface area contributed by atoms with Gasteiger partial charge in [-0.1, -0.05) is 24.3 Å². The molecule has 4 rings (SSSR count). The maximum absolute atomic E-state index is 8.49. The van der Waals surface area contributed by atoms with Crippen molar-refractivity contribution in [3.05, 3.63) is 68.7 Å². The molecule has 6 heteroatoms. The molecule has 2 heterocycles. The Morgan fingerprint density at radius 3 is 2.52 bits per heavy atom. The molecular formula is C17H14ClNO4. The normalized spacial score (nSPS) is 13.8. The van der Waals surface area contributed by atoms with Gasteiger partial charge in [0.1, 0.15) is 0 Å². The first kappa shape index (κ1) is 15.9. The molecule has 0 bridgehead atoms. The summed E-state index contributed by atoms with van der Waals surface area (Å²) in [5.41, 5.74) is 2.70. The quantitative estimate of drug-likeness (QED) is 0.466. The van der Waals surface area contributed by atoms with E-state index < -0.39 is 10.2 Å². The molecule has 1 aromatic carbocycles. The topological polar surface area (TPSA) is 96.1 Å². The predicted molar refractivity (Wildman–Crippen MR) is 72.7 cm³/mol. The van der Waals surface area contributed by atoms with Gasteiger partial charge in [0, 0.05) is 17.4 Å². The largest absolute Gasteiger partial charge is 0.222 e. The molecule has 0 saturated heterocycles. The number of hydrogen-bond acceptors (Lipinski definition) is 4. The van der Waals surface area contributed by atoms with Crippen LogP contribution < -0.4 is 33.6 Å². The highest BCUT2D eigenvalue weighted by Crippen LogP contribution is 2.04. The summed E-state index contributed by atoms with van der Waals surface area (Å²) in [6.07, 6.45) is 8.88. The molecule has 2 aromatic rings. The molecule has 0 amide bonds. The van der Waals surface area contributed by atoms with Gasteiger partial charge in [-0.2, -0.15) is 4.57 Å². The predicted octanol–water partition coefficient (Wildman–Crippen LogP) is -3.59. The van der Waals surface area contributed by atoms with Crippen LogP contribution >= 0.6 is 0 Å². The van der Waals surface area contributed by atoms with Gasteiger partial charge in [-0.15, -0.1) is 10.2 Å². The highest BCUT2D eigenvalue weighted by molar-refractivity contribution is 5.63. The Hall–Kier alpha value is -2.02. The second-order valence-electron chi connectivity index (χ2n) is 5.32. The maximum atomic E-state index is 8.49. The zero-order valence-corrected chi connectivity index (χ0v) is 13.1. The Balaban J connectivity index is 0.000000276. The average Bonchev–Trinajstić information content (AvgIpc) is 2.96. The van der Waals surface area contributed by atoms with Crippen molar-refractivity contribution in [1.82, 2.24) is 0 Å². The summed E-state index contributed by atoms with van der Waals surface area (Å²) in [5, 5.41) is 5.40. The van der Waals surface area contributed by atoms with Gasteiger partial charge in [0.05, 0.1) is 5.22 Å².